The second kappa shape index (κ2) is 8.92. The molecular formula is C21H32N4O3. The zero-order valence-corrected chi connectivity index (χ0v) is 17.3. The van der Waals surface area contributed by atoms with E-state index < -0.39 is 6.04 Å². The van der Waals surface area contributed by atoms with Crippen molar-refractivity contribution in [2.75, 3.05) is 26.7 Å². The molecule has 0 aromatic heterocycles. The molecular weight excluding hydrogens is 356 g/mol. The van der Waals surface area contributed by atoms with Crippen molar-refractivity contribution in [2.45, 2.75) is 58.4 Å². The summed E-state index contributed by atoms with van der Waals surface area (Å²) in [6, 6.07) is 5.64. The van der Waals surface area contributed by atoms with Crippen molar-refractivity contribution >= 4 is 11.8 Å². The molecule has 2 N–H and O–H groups in total. The van der Waals surface area contributed by atoms with Gasteiger partial charge in [0, 0.05) is 31.2 Å². The van der Waals surface area contributed by atoms with Crippen LogP contribution in [-0.2, 0) is 22.7 Å². The van der Waals surface area contributed by atoms with Crippen molar-refractivity contribution in [2.24, 2.45) is 0 Å². The monoisotopic (exact) mass is 388 g/mol. The van der Waals surface area contributed by atoms with Crippen LogP contribution in [0.4, 0.5) is 0 Å². The molecule has 2 aliphatic heterocycles. The Morgan fingerprint density at radius 2 is 2.04 bits per heavy atom. The maximum atomic E-state index is 12.3. The molecule has 2 saturated heterocycles. The summed E-state index contributed by atoms with van der Waals surface area (Å²) in [5.41, 5.74) is 2.36. The highest BCUT2D eigenvalue weighted by molar-refractivity contribution is 5.97. The number of carbonyl (C=O) groups excluding carboxylic acids is 2. The van der Waals surface area contributed by atoms with E-state index >= 15 is 0 Å². The van der Waals surface area contributed by atoms with Crippen LogP contribution in [0, 0.1) is 0 Å². The highest BCUT2D eigenvalue weighted by Crippen LogP contribution is 2.24. The number of amides is 2. The Morgan fingerprint density at radius 3 is 2.71 bits per heavy atom. The number of benzene rings is 1. The van der Waals surface area contributed by atoms with E-state index in [0.29, 0.717) is 19.5 Å². The van der Waals surface area contributed by atoms with Crippen molar-refractivity contribution in [1.82, 2.24) is 20.4 Å². The van der Waals surface area contributed by atoms with E-state index in [9.17, 15) is 9.59 Å². The van der Waals surface area contributed by atoms with Gasteiger partial charge < -0.3 is 20.3 Å². The number of fused-ring (bicyclic) bond motifs is 1. The molecule has 2 fully saturated rings. The van der Waals surface area contributed by atoms with Crippen molar-refractivity contribution in [3.8, 4) is 5.75 Å². The fourth-order valence-electron chi connectivity index (χ4n) is 4.11. The van der Waals surface area contributed by atoms with Crippen LogP contribution in [0.1, 0.15) is 38.3 Å². The van der Waals surface area contributed by atoms with Crippen molar-refractivity contribution in [3.05, 3.63) is 29.3 Å². The minimum absolute atomic E-state index is 0.0138. The zero-order chi connectivity index (χ0) is 20.3. The van der Waals surface area contributed by atoms with Crippen LogP contribution in [0.15, 0.2) is 18.2 Å². The minimum atomic E-state index is -0.424. The molecule has 0 bridgehead atoms. The minimum Gasteiger partial charge on any atom is -0.496 e. The summed E-state index contributed by atoms with van der Waals surface area (Å²) in [5, 5.41) is 6.30. The fourth-order valence-corrected chi connectivity index (χ4v) is 4.11. The molecule has 2 amide bonds. The molecule has 0 saturated carbocycles. The van der Waals surface area contributed by atoms with Gasteiger partial charge in [-0.2, -0.15) is 0 Å². The third-order valence-electron chi connectivity index (χ3n) is 5.84. The smallest absolute Gasteiger partial charge is 0.245 e. The van der Waals surface area contributed by atoms with Gasteiger partial charge in [-0.3, -0.25) is 14.5 Å². The molecule has 0 unspecified atom stereocenters. The van der Waals surface area contributed by atoms with Gasteiger partial charge in [-0.25, -0.2) is 0 Å². The van der Waals surface area contributed by atoms with Crippen LogP contribution in [0.3, 0.4) is 0 Å². The quantitative estimate of drug-likeness (QED) is 0.698. The summed E-state index contributed by atoms with van der Waals surface area (Å²) in [4.78, 5) is 28.6. The number of nitrogens with zero attached hydrogens (tertiary/aromatic N) is 2. The molecule has 0 spiro atoms. The summed E-state index contributed by atoms with van der Waals surface area (Å²) >= 11 is 0. The summed E-state index contributed by atoms with van der Waals surface area (Å²) in [6.45, 7) is 10.2. The van der Waals surface area contributed by atoms with Crippen molar-refractivity contribution in [1.29, 1.82) is 0 Å². The number of methoxy groups -OCH3 is 1. The molecule has 2 heterocycles. The first-order valence-electron chi connectivity index (χ1n) is 10.2. The molecule has 0 aliphatic carbocycles. The second-order valence-electron chi connectivity index (χ2n) is 7.66. The van der Waals surface area contributed by atoms with Gasteiger partial charge in [0.05, 0.1) is 7.11 Å². The number of hydrogen-bond acceptors (Lipinski definition) is 5. The molecule has 28 heavy (non-hydrogen) atoms. The first-order chi connectivity index (χ1) is 13.5. The van der Waals surface area contributed by atoms with E-state index in [1.807, 2.05) is 6.07 Å². The topological polar surface area (TPSA) is 73.9 Å². The molecule has 3 atom stereocenters. The lowest BCUT2D eigenvalue weighted by Crippen LogP contribution is -2.60. The number of rotatable bonds is 8. The van der Waals surface area contributed by atoms with Crippen LogP contribution in [0.25, 0.3) is 0 Å². The fraction of sp³-hybridized carbons (Fsp3) is 0.619. The van der Waals surface area contributed by atoms with E-state index in [1.165, 1.54) is 11.1 Å². The standard InChI is InChI=1S/C21H32N4O3/c1-5-24(6-2)12-16-9-15(7-8-19(16)28-4)11-22-17-10-18-20(26)23-14(3)21(27)25(18)13-17/h7-9,14,17-18,22H,5-6,10-13H2,1-4H3,(H,23,26)/t14-,17+,18+/m1/s1. The highest BCUT2D eigenvalue weighted by atomic mass is 16.5. The Morgan fingerprint density at radius 1 is 1.29 bits per heavy atom. The third-order valence-corrected chi connectivity index (χ3v) is 5.84. The largest absolute Gasteiger partial charge is 0.496 e. The Hall–Kier alpha value is -2.12. The molecule has 7 heteroatoms. The Balaban J connectivity index is 1.63. The maximum Gasteiger partial charge on any atom is 0.245 e. The molecule has 1 aromatic carbocycles. The summed E-state index contributed by atoms with van der Waals surface area (Å²) in [6.07, 6.45) is 0.659. The zero-order valence-electron chi connectivity index (χ0n) is 17.3. The average Bonchev–Trinajstić information content (AvgIpc) is 3.14. The predicted octanol–water partition coefficient (Wildman–Crippen LogP) is 1.11. The number of piperazine rings is 1. The average molecular weight is 389 g/mol. The van der Waals surface area contributed by atoms with Gasteiger partial charge in [0.2, 0.25) is 11.8 Å². The van der Waals surface area contributed by atoms with Gasteiger partial charge in [-0.05, 0) is 44.1 Å². The number of hydrogen-bond donors (Lipinski definition) is 2. The maximum absolute atomic E-state index is 12.3. The third kappa shape index (κ3) is 4.31. The summed E-state index contributed by atoms with van der Waals surface area (Å²) in [5.74, 6) is 0.882. The molecule has 7 nitrogen and oxygen atoms in total. The molecule has 0 radical (unpaired) electrons. The summed E-state index contributed by atoms with van der Waals surface area (Å²) in [7, 11) is 1.71. The van der Waals surface area contributed by atoms with E-state index in [-0.39, 0.29) is 23.9 Å². The summed E-state index contributed by atoms with van der Waals surface area (Å²) < 4.78 is 5.53. The molecule has 3 rings (SSSR count). The lowest BCUT2D eigenvalue weighted by Gasteiger charge is -2.32. The van der Waals surface area contributed by atoms with E-state index in [0.717, 1.165) is 25.4 Å². The molecule has 1 aromatic rings. The first-order valence-corrected chi connectivity index (χ1v) is 10.2. The van der Waals surface area contributed by atoms with Gasteiger partial charge in [0.25, 0.3) is 0 Å². The first kappa shape index (κ1) is 20.6. The van der Waals surface area contributed by atoms with Gasteiger partial charge in [-0.15, -0.1) is 0 Å². The van der Waals surface area contributed by atoms with E-state index in [1.54, 1.807) is 18.9 Å². The highest BCUT2D eigenvalue weighted by Gasteiger charge is 2.44. The normalized spacial score (nSPS) is 24.5. The predicted molar refractivity (Wildman–Crippen MR) is 108 cm³/mol. The van der Waals surface area contributed by atoms with E-state index in [4.69, 9.17) is 4.74 Å². The number of nitrogens with one attached hydrogen (secondary N) is 2. The Bertz CT molecular complexity index is 720. The van der Waals surface area contributed by atoms with Crippen LogP contribution in [0.5, 0.6) is 5.75 Å². The lowest BCUT2D eigenvalue weighted by molar-refractivity contribution is -0.146. The van der Waals surface area contributed by atoms with Crippen LogP contribution in [-0.4, -0.2) is 66.5 Å². The van der Waals surface area contributed by atoms with E-state index in [2.05, 4.69) is 41.5 Å². The van der Waals surface area contributed by atoms with Crippen LogP contribution < -0.4 is 15.4 Å². The van der Waals surface area contributed by atoms with Gasteiger partial charge in [-0.1, -0.05) is 19.9 Å². The van der Waals surface area contributed by atoms with Crippen LogP contribution >= 0.6 is 0 Å². The van der Waals surface area contributed by atoms with Crippen molar-refractivity contribution < 1.29 is 14.3 Å². The number of ether oxygens (including phenoxy) is 1. The molecule has 154 valence electrons. The molecule has 2 aliphatic rings. The Kier molecular flexibility index (Phi) is 6.57. The van der Waals surface area contributed by atoms with Gasteiger partial charge >= 0.3 is 0 Å². The second-order valence-corrected chi connectivity index (χ2v) is 7.66. The number of carbonyl (C=O) groups is 2. The van der Waals surface area contributed by atoms with Gasteiger partial charge in [0.15, 0.2) is 0 Å². The Labute approximate surface area is 167 Å². The lowest BCUT2D eigenvalue weighted by atomic mass is 10.1. The van der Waals surface area contributed by atoms with Crippen molar-refractivity contribution in [3.63, 3.8) is 0 Å². The van der Waals surface area contributed by atoms with Gasteiger partial charge in [0.1, 0.15) is 17.8 Å². The SMILES string of the molecule is CCN(CC)Cc1cc(CN[C@H]2C[C@H]3C(=O)N[C@H](C)C(=O)N3C2)ccc1OC. The van der Waals surface area contributed by atoms with Crippen LogP contribution in [0.2, 0.25) is 0 Å².